The second-order valence-electron chi connectivity index (χ2n) is 3.59. The Morgan fingerprint density at radius 2 is 2.20 bits per heavy atom. The lowest BCUT2D eigenvalue weighted by atomic mass is 10.3. The molecule has 2 N–H and O–H groups in total. The molecule has 1 aliphatic rings. The highest BCUT2D eigenvalue weighted by atomic mass is 32.2. The zero-order valence-electron chi connectivity index (χ0n) is 8.30. The van der Waals surface area contributed by atoms with Gasteiger partial charge in [-0.05, 0) is 25.8 Å². The third-order valence-corrected chi connectivity index (χ3v) is 3.10. The molecule has 15 heavy (non-hydrogen) atoms. The molecule has 0 spiro atoms. The van der Waals surface area contributed by atoms with Crippen molar-refractivity contribution in [2.75, 3.05) is 0 Å². The van der Waals surface area contributed by atoms with Crippen molar-refractivity contribution in [2.24, 2.45) is 5.14 Å². The Labute approximate surface area is 88.3 Å². The fourth-order valence-electron chi connectivity index (χ4n) is 1.25. The Hall–Kier alpha value is -1.14. The maximum absolute atomic E-state index is 11.3. The van der Waals surface area contributed by atoms with Crippen molar-refractivity contribution in [1.29, 1.82) is 0 Å². The Balaban J connectivity index is 2.47. The summed E-state index contributed by atoms with van der Waals surface area (Å²) in [5.41, 5.74) is 0.549. The molecule has 1 saturated carbocycles. The summed E-state index contributed by atoms with van der Waals surface area (Å²) in [5.74, 6) is 0.294. The first-order valence-electron chi connectivity index (χ1n) is 4.63. The van der Waals surface area contributed by atoms with E-state index in [0.29, 0.717) is 11.4 Å². The number of nitrogens with two attached hydrogens (primary N) is 1. The van der Waals surface area contributed by atoms with Gasteiger partial charge in [0.05, 0.1) is 11.8 Å². The van der Waals surface area contributed by atoms with Gasteiger partial charge in [-0.1, -0.05) is 0 Å². The monoisotopic (exact) mass is 228 g/mol. The molecule has 1 aromatic heterocycles. The van der Waals surface area contributed by atoms with Gasteiger partial charge in [0.15, 0.2) is 5.75 Å². The first-order valence-corrected chi connectivity index (χ1v) is 6.18. The van der Waals surface area contributed by atoms with Crippen LogP contribution in [-0.2, 0) is 10.0 Å². The highest BCUT2D eigenvalue weighted by Crippen LogP contribution is 2.32. The number of primary sulfonamides is 1. The van der Waals surface area contributed by atoms with Crippen molar-refractivity contribution in [3.63, 3.8) is 0 Å². The van der Waals surface area contributed by atoms with E-state index in [1.165, 1.54) is 12.3 Å². The number of sulfonamides is 1. The first-order chi connectivity index (χ1) is 6.98. The molecule has 0 radical (unpaired) electrons. The Bertz CT molecular complexity index is 480. The Morgan fingerprint density at radius 3 is 2.73 bits per heavy atom. The van der Waals surface area contributed by atoms with Crippen LogP contribution in [0.2, 0.25) is 0 Å². The van der Waals surface area contributed by atoms with Crippen LogP contribution in [0.15, 0.2) is 17.2 Å². The molecule has 0 amide bonds. The molecular formula is C9H12N2O3S. The molecule has 5 nitrogen and oxygen atoms in total. The van der Waals surface area contributed by atoms with Gasteiger partial charge in [0.1, 0.15) is 4.90 Å². The first kappa shape index (κ1) is 10.4. The van der Waals surface area contributed by atoms with Gasteiger partial charge >= 0.3 is 0 Å². The lowest BCUT2D eigenvalue weighted by molar-refractivity contribution is 0.291. The van der Waals surface area contributed by atoms with Gasteiger partial charge in [-0.25, -0.2) is 13.6 Å². The van der Waals surface area contributed by atoms with Crippen molar-refractivity contribution in [2.45, 2.75) is 30.8 Å². The van der Waals surface area contributed by atoms with Crippen LogP contribution in [0, 0.1) is 6.92 Å². The van der Waals surface area contributed by atoms with E-state index in [0.717, 1.165) is 12.8 Å². The summed E-state index contributed by atoms with van der Waals surface area (Å²) in [6.45, 7) is 1.70. The number of nitrogens with zero attached hydrogens (tertiary/aromatic N) is 1. The maximum atomic E-state index is 11.3. The average molecular weight is 228 g/mol. The van der Waals surface area contributed by atoms with Crippen LogP contribution in [0.5, 0.6) is 5.75 Å². The molecule has 0 saturated heterocycles. The fourth-order valence-corrected chi connectivity index (χ4v) is 1.95. The Kier molecular flexibility index (Phi) is 2.40. The second-order valence-corrected chi connectivity index (χ2v) is 5.12. The van der Waals surface area contributed by atoms with Gasteiger partial charge < -0.3 is 4.74 Å². The second kappa shape index (κ2) is 3.46. The molecule has 0 aliphatic heterocycles. The normalized spacial score (nSPS) is 16.4. The molecule has 2 rings (SSSR count). The molecular weight excluding hydrogens is 216 g/mol. The molecule has 0 aromatic carbocycles. The number of pyridine rings is 1. The number of aromatic nitrogens is 1. The fraction of sp³-hybridized carbons (Fsp3) is 0.444. The minimum Gasteiger partial charge on any atom is -0.487 e. The van der Waals surface area contributed by atoms with Gasteiger partial charge in [0.25, 0.3) is 0 Å². The molecule has 82 valence electrons. The third-order valence-electron chi connectivity index (χ3n) is 2.16. The van der Waals surface area contributed by atoms with Crippen molar-refractivity contribution in [1.82, 2.24) is 4.98 Å². The predicted molar refractivity (Wildman–Crippen MR) is 54.0 cm³/mol. The van der Waals surface area contributed by atoms with Gasteiger partial charge in [0.2, 0.25) is 10.0 Å². The van der Waals surface area contributed by atoms with Crippen molar-refractivity contribution < 1.29 is 13.2 Å². The van der Waals surface area contributed by atoms with Gasteiger partial charge in [-0.3, -0.25) is 4.98 Å². The largest absolute Gasteiger partial charge is 0.487 e. The van der Waals surface area contributed by atoms with Crippen LogP contribution in [0.3, 0.4) is 0 Å². The number of hydrogen-bond donors (Lipinski definition) is 1. The van der Waals surface area contributed by atoms with Crippen LogP contribution in [0.4, 0.5) is 0 Å². The number of aryl methyl sites for hydroxylation is 1. The van der Waals surface area contributed by atoms with E-state index in [9.17, 15) is 8.42 Å². The standard InChI is InChI=1S/C9H12N2O3S/c1-6-9(14-7-2-3-7)8(4-5-11-6)15(10,12)13/h4-5,7H,2-3H2,1H3,(H2,10,12,13). The topological polar surface area (TPSA) is 82.3 Å². The highest BCUT2D eigenvalue weighted by Gasteiger charge is 2.27. The number of hydrogen-bond acceptors (Lipinski definition) is 4. The van der Waals surface area contributed by atoms with Crippen LogP contribution < -0.4 is 9.88 Å². The molecule has 1 aliphatic carbocycles. The van der Waals surface area contributed by atoms with Crippen LogP contribution in [0.1, 0.15) is 18.5 Å². The van der Waals surface area contributed by atoms with Gasteiger partial charge in [-0.2, -0.15) is 0 Å². The minimum atomic E-state index is -3.74. The molecule has 1 aromatic rings. The minimum absolute atomic E-state index is 0.0156. The van der Waals surface area contributed by atoms with E-state index >= 15 is 0 Å². The van der Waals surface area contributed by atoms with Crippen LogP contribution >= 0.6 is 0 Å². The van der Waals surface area contributed by atoms with Crippen molar-refractivity contribution in [3.05, 3.63) is 18.0 Å². The van der Waals surface area contributed by atoms with Crippen molar-refractivity contribution >= 4 is 10.0 Å². The van der Waals surface area contributed by atoms with E-state index in [1.54, 1.807) is 6.92 Å². The summed E-state index contributed by atoms with van der Waals surface area (Å²) >= 11 is 0. The maximum Gasteiger partial charge on any atom is 0.241 e. The molecule has 6 heteroatoms. The highest BCUT2D eigenvalue weighted by molar-refractivity contribution is 7.89. The van der Waals surface area contributed by atoms with Crippen LogP contribution in [0.25, 0.3) is 0 Å². The van der Waals surface area contributed by atoms with Gasteiger partial charge in [0, 0.05) is 6.20 Å². The summed E-state index contributed by atoms with van der Waals surface area (Å²) in [6, 6.07) is 1.36. The smallest absolute Gasteiger partial charge is 0.241 e. The zero-order chi connectivity index (χ0) is 11.1. The van der Waals surface area contributed by atoms with Crippen molar-refractivity contribution in [3.8, 4) is 5.75 Å². The summed E-state index contributed by atoms with van der Waals surface area (Å²) in [5, 5.41) is 5.09. The van der Waals surface area contributed by atoms with E-state index in [-0.39, 0.29) is 11.0 Å². The summed E-state index contributed by atoms with van der Waals surface area (Å²) in [6.07, 6.45) is 3.44. The summed E-state index contributed by atoms with van der Waals surface area (Å²) in [7, 11) is -3.74. The number of ether oxygens (including phenoxy) is 1. The molecule has 0 unspecified atom stereocenters. The quantitative estimate of drug-likeness (QED) is 0.820. The molecule has 0 atom stereocenters. The van der Waals surface area contributed by atoms with E-state index in [4.69, 9.17) is 9.88 Å². The zero-order valence-corrected chi connectivity index (χ0v) is 9.12. The number of rotatable bonds is 3. The van der Waals surface area contributed by atoms with E-state index in [2.05, 4.69) is 4.98 Å². The molecule has 0 bridgehead atoms. The Morgan fingerprint density at radius 1 is 1.53 bits per heavy atom. The lowest BCUT2D eigenvalue weighted by Gasteiger charge is -2.10. The third kappa shape index (κ3) is 2.27. The summed E-state index contributed by atoms with van der Waals surface area (Å²) < 4.78 is 28.0. The SMILES string of the molecule is Cc1nccc(S(N)(=O)=O)c1OC1CC1. The van der Waals surface area contributed by atoms with E-state index < -0.39 is 10.0 Å². The molecule has 1 fully saturated rings. The van der Waals surface area contributed by atoms with E-state index in [1.807, 2.05) is 0 Å². The van der Waals surface area contributed by atoms with Crippen LogP contribution in [-0.4, -0.2) is 19.5 Å². The average Bonchev–Trinajstić information content (AvgIpc) is 2.90. The summed E-state index contributed by atoms with van der Waals surface area (Å²) in [4.78, 5) is 4.00. The lowest BCUT2D eigenvalue weighted by Crippen LogP contribution is -2.15. The molecule has 1 heterocycles. The van der Waals surface area contributed by atoms with Gasteiger partial charge in [-0.15, -0.1) is 0 Å². The predicted octanol–water partition coefficient (Wildman–Crippen LogP) is 0.579.